The maximum Gasteiger partial charge on any atom is 0.311 e. The summed E-state index contributed by atoms with van der Waals surface area (Å²) in [4.78, 5) is 37.9. The molecule has 138 valence electrons. The van der Waals surface area contributed by atoms with Crippen molar-refractivity contribution in [2.24, 2.45) is 0 Å². The summed E-state index contributed by atoms with van der Waals surface area (Å²) in [6.45, 7) is 1.41. The summed E-state index contributed by atoms with van der Waals surface area (Å²) >= 11 is 0. The van der Waals surface area contributed by atoms with E-state index in [-0.39, 0.29) is 17.8 Å². The van der Waals surface area contributed by atoms with Crippen molar-refractivity contribution in [2.45, 2.75) is 19.4 Å². The molecule has 27 heavy (non-hydrogen) atoms. The molecule has 3 aromatic rings. The number of para-hydroxylation sites is 3. The Kier molecular flexibility index (Phi) is 5.16. The molecule has 0 bridgehead atoms. The van der Waals surface area contributed by atoms with E-state index in [4.69, 9.17) is 4.74 Å². The standard InChI is InChI=1S/C19H17N3O5/c1-12(19(24)21-16-8-4-5-9-17(16)22(25)26)27-18(23)10-13-11-20-15-7-3-2-6-14(13)15/h2-9,11-12,20H,10H2,1H3,(H,21,24)/t12-/m0/s1. The van der Waals surface area contributed by atoms with E-state index < -0.39 is 22.9 Å². The SMILES string of the molecule is C[C@H](OC(=O)Cc1c[nH]c2ccccc12)C(=O)Nc1ccccc1[N+](=O)[O-]. The molecule has 8 heteroatoms. The van der Waals surface area contributed by atoms with E-state index in [9.17, 15) is 19.7 Å². The van der Waals surface area contributed by atoms with Gasteiger partial charge < -0.3 is 15.0 Å². The number of nitrogens with zero attached hydrogens (tertiary/aromatic N) is 1. The van der Waals surface area contributed by atoms with Gasteiger partial charge in [-0.1, -0.05) is 30.3 Å². The van der Waals surface area contributed by atoms with E-state index in [2.05, 4.69) is 10.3 Å². The molecule has 0 unspecified atom stereocenters. The number of carbonyl (C=O) groups excluding carboxylic acids is 2. The second-order valence-electron chi connectivity index (χ2n) is 5.93. The lowest BCUT2D eigenvalue weighted by atomic mass is 10.1. The fraction of sp³-hybridized carbons (Fsp3) is 0.158. The van der Waals surface area contributed by atoms with E-state index >= 15 is 0 Å². The molecule has 0 spiro atoms. The van der Waals surface area contributed by atoms with Crippen LogP contribution in [0.5, 0.6) is 0 Å². The van der Waals surface area contributed by atoms with Gasteiger partial charge in [0, 0.05) is 23.2 Å². The third-order valence-corrected chi connectivity index (χ3v) is 4.05. The molecule has 0 aliphatic rings. The van der Waals surface area contributed by atoms with Crippen molar-refractivity contribution in [3.63, 3.8) is 0 Å². The molecule has 0 radical (unpaired) electrons. The van der Waals surface area contributed by atoms with Gasteiger partial charge in [-0.25, -0.2) is 0 Å². The van der Waals surface area contributed by atoms with Crippen molar-refractivity contribution >= 4 is 34.2 Å². The molecule has 2 N–H and O–H groups in total. The van der Waals surface area contributed by atoms with Gasteiger partial charge in [0.2, 0.25) is 0 Å². The summed E-state index contributed by atoms with van der Waals surface area (Å²) in [5.74, 6) is -1.21. The average molecular weight is 367 g/mol. The number of H-pyrrole nitrogens is 1. The van der Waals surface area contributed by atoms with Gasteiger partial charge in [-0.05, 0) is 24.6 Å². The van der Waals surface area contributed by atoms with Crippen LogP contribution < -0.4 is 5.32 Å². The molecule has 1 amide bonds. The van der Waals surface area contributed by atoms with Crippen molar-refractivity contribution in [3.8, 4) is 0 Å². The van der Waals surface area contributed by atoms with Crippen LogP contribution in [-0.4, -0.2) is 27.9 Å². The van der Waals surface area contributed by atoms with Crippen molar-refractivity contribution in [2.75, 3.05) is 5.32 Å². The number of nitrogens with one attached hydrogen (secondary N) is 2. The van der Waals surface area contributed by atoms with Crippen molar-refractivity contribution < 1.29 is 19.2 Å². The minimum Gasteiger partial charge on any atom is -0.452 e. The fourth-order valence-corrected chi connectivity index (χ4v) is 2.70. The lowest BCUT2D eigenvalue weighted by Gasteiger charge is -2.13. The summed E-state index contributed by atoms with van der Waals surface area (Å²) in [6, 6.07) is 13.3. The van der Waals surface area contributed by atoms with Gasteiger partial charge in [-0.3, -0.25) is 19.7 Å². The molecule has 0 aliphatic heterocycles. The second-order valence-corrected chi connectivity index (χ2v) is 5.93. The van der Waals surface area contributed by atoms with Gasteiger partial charge in [-0.15, -0.1) is 0 Å². The third kappa shape index (κ3) is 4.12. The summed E-state index contributed by atoms with van der Waals surface area (Å²) in [5, 5.41) is 14.3. The molecule has 0 saturated heterocycles. The van der Waals surface area contributed by atoms with Crippen LogP contribution in [0.1, 0.15) is 12.5 Å². The molecule has 0 fully saturated rings. The zero-order valence-corrected chi connectivity index (χ0v) is 14.5. The average Bonchev–Trinajstić information content (AvgIpc) is 3.05. The van der Waals surface area contributed by atoms with Gasteiger partial charge in [-0.2, -0.15) is 0 Å². The molecule has 0 saturated carbocycles. The normalized spacial score (nSPS) is 11.7. The van der Waals surface area contributed by atoms with Gasteiger partial charge in [0.05, 0.1) is 11.3 Å². The fourth-order valence-electron chi connectivity index (χ4n) is 2.70. The number of ether oxygens (including phenoxy) is 1. The lowest BCUT2D eigenvalue weighted by Crippen LogP contribution is -2.30. The summed E-state index contributed by atoms with van der Waals surface area (Å²) in [5.41, 5.74) is 1.49. The number of aromatic amines is 1. The van der Waals surface area contributed by atoms with Gasteiger partial charge in [0.15, 0.2) is 6.10 Å². The first-order valence-electron chi connectivity index (χ1n) is 8.24. The Labute approximate surface area is 154 Å². The summed E-state index contributed by atoms with van der Waals surface area (Å²) in [7, 11) is 0. The molecule has 3 rings (SSSR count). The molecular weight excluding hydrogens is 350 g/mol. The van der Waals surface area contributed by atoms with Crippen LogP contribution >= 0.6 is 0 Å². The second kappa shape index (κ2) is 7.69. The predicted molar refractivity (Wildman–Crippen MR) is 99.3 cm³/mol. The number of aromatic nitrogens is 1. The van der Waals surface area contributed by atoms with Gasteiger partial charge in [0.25, 0.3) is 11.6 Å². The Morgan fingerprint density at radius 1 is 1.19 bits per heavy atom. The minimum atomic E-state index is -1.09. The summed E-state index contributed by atoms with van der Waals surface area (Å²) in [6.07, 6.45) is 0.638. The number of anilines is 1. The molecule has 8 nitrogen and oxygen atoms in total. The number of nitro benzene ring substituents is 1. The maximum absolute atomic E-state index is 12.2. The monoisotopic (exact) mass is 367 g/mol. The third-order valence-electron chi connectivity index (χ3n) is 4.05. The number of esters is 1. The van der Waals surface area contributed by atoms with E-state index in [1.165, 1.54) is 25.1 Å². The van der Waals surface area contributed by atoms with Crippen LogP contribution in [0.15, 0.2) is 54.7 Å². The van der Waals surface area contributed by atoms with Gasteiger partial charge >= 0.3 is 5.97 Å². The van der Waals surface area contributed by atoms with Crippen molar-refractivity contribution in [1.29, 1.82) is 0 Å². The lowest BCUT2D eigenvalue weighted by molar-refractivity contribution is -0.383. The van der Waals surface area contributed by atoms with Crippen molar-refractivity contribution in [1.82, 2.24) is 4.98 Å². The first kappa shape index (κ1) is 18.1. The van der Waals surface area contributed by atoms with E-state index in [0.29, 0.717) is 0 Å². The smallest absolute Gasteiger partial charge is 0.311 e. The Bertz CT molecular complexity index is 1010. The number of nitro groups is 1. The molecule has 1 atom stereocenters. The Morgan fingerprint density at radius 3 is 2.67 bits per heavy atom. The highest BCUT2D eigenvalue weighted by atomic mass is 16.6. The zero-order valence-electron chi connectivity index (χ0n) is 14.5. The Morgan fingerprint density at radius 2 is 1.89 bits per heavy atom. The number of amides is 1. The zero-order chi connectivity index (χ0) is 19.4. The van der Waals surface area contributed by atoms with E-state index in [1.54, 1.807) is 12.3 Å². The van der Waals surface area contributed by atoms with E-state index in [0.717, 1.165) is 16.5 Å². The highest BCUT2D eigenvalue weighted by molar-refractivity contribution is 5.97. The number of fused-ring (bicyclic) bond motifs is 1. The number of hydrogen-bond acceptors (Lipinski definition) is 5. The predicted octanol–water partition coefficient (Wildman–Crippen LogP) is 3.19. The molecule has 2 aromatic carbocycles. The molecule has 1 heterocycles. The van der Waals surface area contributed by atoms with Crippen LogP contribution in [0, 0.1) is 10.1 Å². The maximum atomic E-state index is 12.2. The quantitative estimate of drug-likeness (QED) is 0.394. The number of benzene rings is 2. The van der Waals surface area contributed by atoms with E-state index in [1.807, 2.05) is 24.3 Å². The highest BCUT2D eigenvalue weighted by Crippen LogP contribution is 2.23. The highest BCUT2D eigenvalue weighted by Gasteiger charge is 2.22. The van der Waals surface area contributed by atoms with Crippen LogP contribution in [-0.2, 0) is 20.7 Å². The Balaban J connectivity index is 1.63. The molecule has 0 aliphatic carbocycles. The van der Waals surface area contributed by atoms with Crippen LogP contribution in [0.2, 0.25) is 0 Å². The number of carbonyl (C=O) groups is 2. The molecular formula is C19H17N3O5. The van der Waals surface area contributed by atoms with Crippen LogP contribution in [0.3, 0.4) is 0 Å². The van der Waals surface area contributed by atoms with Crippen molar-refractivity contribution in [3.05, 3.63) is 70.4 Å². The first-order valence-corrected chi connectivity index (χ1v) is 8.24. The summed E-state index contributed by atoms with van der Waals surface area (Å²) < 4.78 is 5.17. The van der Waals surface area contributed by atoms with Crippen LogP contribution in [0.25, 0.3) is 10.9 Å². The Hall–Kier alpha value is -3.68. The number of hydrogen-bond donors (Lipinski definition) is 2. The van der Waals surface area contributed by atoms with Gasteiger partial charge in [0.1, 0.15) is 5.69 Å². The number of rotatable bonds is 6. The molecule has 1 aromatic heterocycles. The largest absolute Gasteiger partial charge is 0.452 e. The topological polar surface area (TPSA) is 114 Å². The van der Waals surface area contributed by atoms with Crippen LogP contribution in [0.4, 0.5) is 11.4 Å². The first-order chi connectivity index (χ1) is 13.0. The minimum absolute atomic E-state index is 0.00706.